The summed E-state index contributed by atoms with van der Waals surface area (Å²) in [6.07, 6.45) is 0. The number of benzene rings is 8. The number of rotatable bonds is 2. The lowest BCUT2D eigenvalue weighted by molar-refractivity contribution is 0.487. The van der Waals surface area contributed by atoms with E-state index in [4.69, 9.17) is 4.74 Å². The quantitative estimate of drug-likeness (QED) is 0.196. The number of fused-ring (bicyclic) bond motifs is 8. The Labute approximate surface area is 268 Å². The molecule has 10 rings (SSSR count). The van der Waals surface area contributed by atoms with Gasteiger partial charge >= 0.3 is 0 Å². The van der Waals surface area contributed by atoms with Gasteiger partial charge in [-0.15, -0.1) is 0 Å². The summed E-state index contributed by atoms with van der Waals surface area (Å²) in [5, 5.41) is 7.57. The summed E-state index contributed by atoms with van der Waals surface area (Å²) in [6.45, 7) is 4.81. The zero-order chi connectivity index (χ0) is 30.6. The van der Waals surface area contributed by atoms with E-state index in [-0.39, 0.29) is 5.41 Å². The third-order valence-corrected chi connectivity index (χ3v) is 10.4. The average molecular weight is 587 g/mol. The first-order valence-electron chi connectivity index (χ1n) is 16.1. The van der Waals surface area contributed by atoms with E-state index in [1.807, 2.05) is 6.07 Å². The number of hydrogen-bond acceptors (Lipinski definition) is 1. The van der Waals surface area contributed by atoms with Gasteiger partial charge in [-0.05, 0) is 107 Å². The van der Waals surface area contributed by atoms with Crippen LogP contribution < -0.4 is 4.74 Å². The van der Waals surface area contributed by atoms with Crippen molar-refractivity contribution in [2.45, 2.75) is 19.3 Å². The lowest BCUT2D eigenvalue weighted by atomic mass is 9.78. The van der Waals surface area contributed by atoms with Crippen molar-refractivity contribution in [3.05, 3.63) is 157 Å². The molecule has 1 aliphatic heterocycles. The third kappa shape index (κ3) is 3.46. The molecular weight excluding hydrogens is 556 g/mol. The van der Waals surface area contributed by atoms with Crippen molar-refractivity contribution in [1.29, 1.82) is 0 Å². The van der Waals surface area contributed by atoms with Gasteiger partial charge in [0.1, 0.15) is 11.5 Å². The smallest absolute Gasteiger partial charge is 0.135 e. The van der Waals surface area contributed by atoms with E-state index in [9.17, 15) is 0 Å². The topological polar surface area (TPSA) is 9.23 Å². The zero-order valence-corrected chi connectivity index (χ0v) is 25.8. The highest BCUT2D eigenvalue weighted by molar-refractivity contribution is 6.11. The number of ether oxygens (including phenoxy) is 1. The van der Waals surface area contributed by atoms with E-state index < -0.39 is 0 Å². The van der Waals surface area contributed by atoms with Crippen LogP contribution in [-0.4, -0.2) is 0 Å². The molecule has 8 aromatic rings. The normalized spacial score (nSPS) is 13.8. The molecule has 1 heterocycles. The molecule has 0 spiro atoms. The Kier molecular flexibility index (Phi) is 5.12. The zero-order valence-electron chi connectivity index (χ0n) is 25.8. The van der Waals surface area contributed by atoms with Crippen molar-refractivity contribution >= 4 is 32.3 Å². The summed E-state index contributed by atoms with van der Waals surface area (Å²) >= 11 is 0. The van der Waals surface area contributed by atoms with Crippen molar-refractivity contribution in [3.8, 4) is 56.0 Å². The maximum atomic E-state index is 6.41. The predicted octanol–water partition coefficient (Wildman–Crippen LogP) is 12.6. The lowest BCUT2D eigenvalue weighted by Crippen LogP contribution is -2.15. The standard InChI is InChI=1S/C45H30O/c1-45(2)39-26-31(32-22-23-41-42-35(32)15-9-16-36(42)34-14-7-8-17-40(34)46-41)20-21-37(39)43-38(25-29-12-5-6-13-33(29)44(43)45)30-19-18-27-10-3-4-11-28(27)24-30/h3-26H,1-2H3. The molecule has 0 saturated carbocycles. The Balaban J connectivity index is 1.21. The van der Waals surface area contributed by atoms with Crippen molar-refractivity contribution in [2.75, 3.05) is 0 Å². The predicted molar refractivity (Wildman–Crippen MR) is 193 cm³/mol. The minimum atomic E-state index is -0.179. The molecule has 1 heteroatoms. The molecule has 8 aromatic carbocycles. The van der Waals surface area contributed by atoms with E-state index in [2.05, 4.69) is 153 Å². The van der Waals surface area contributed by atoms with Crippen LogP contribution in [0, 0.1) is 0 Å². The van der Waals surface area contributed by atoms with Crippen molar-refractivity contribution in [2.24, 2.45) is 0 Å². The number of para-hydroxylation sites is 1. The Bertz CT molecular complexity index is 2590. The highest BCUT2D eigenvalue weighted by atomic mass is 16.5. The van der Waals surface area contributed by atoms with E-state index in [1.54, 1.807) is 0 Å². The highest BCUT2D eigenvalue weighted by Gasteiger charge is 2.39. The molecule has 216 valence electrons. The SMILES string of the molecule is CC1(C)c2cc(-c3ccc4c5c(cccc35)-c3ccccc3O4)ccc2-c2c(-c3ccc4ccccc4c3)cc3ccccc3c21. The van der Waals surface area contributed by atoms with Crippen LogP contribution in [0.3, 0.4) is 0 Å². The van der Waals surface area contributed by atoms with Gasteiger partial charge in [0.25, 0.3) is 0 Å². The van der Waals surface area contributed by atoms with Crippen LogP contribution in [-0.2, 0) is 5.41 Å². The van der Waals surface area contributed by atoms with Gasteiger partial charge in [-0.25, -0.2) is 0 Å². The first-order chi connectivity index (χ1) is 22.6. The Morgan fingerprint density at radius 1 is 0.435 bits per heavy atom. The second kappa shape index (κ2) is 9.19. The largest absolute Gasteiger partial charge is 0.456 e. The lowest BCUT2D eigenvalue weighted by Gasteiger charge is -2.25. The van der Waals surface area contributed by atoms with E-state index in [1.165, 1.54) is 82.4 Å². The monoisotopic (exact) mass is 586 g/mol. The Morgan fingerprint density at radius 2 is 1.13 bits per heavy atom. The summed E-state index contributed by atoms with van der Waals surface area (Å²) < 4.78 is 6.41. The minimum Gasteiger partial charge on any atom is -0.456 e. The molecule has 0 bridgehead atoms. The maximum Gasteiger partial charge on any atom is 0.135 e. The molecular formula is C45H30O. The first kappa shape index (κ1) is 25.6. The van der Waals surface area contributed by atoms with Crippen LogP contribution in [0.4, 0.5) is 0 Å². The van der Waals surface area contributed by atoms with Crippen LogP contribution in [0.2, 0.25) is 0 Å². The molecule has 0 saturated heterocycles. The van der Waals surface area contributed by atoms with Crippen molar-refractivity contribution in [1.82, 2.24) is 0 Å². The first-order valence-corrected chi connectivity index (χ1v) is 16.1. The third-order valence-electron chi connectivity index (χ3n) is 10.4. The molecule has 46 heavy (non-hydrogen) atoms. The van der Waals surface area contributed by atoms with Crippen LogP contribution in [0.25, 0.3) is 76.8 Å². The van der Waals surface area contributed by atoms with Crippen molar-refractivity contribution < 1.29 is 4.74 Å². The fourth-order valence-electron chi connectivity index (χ4n) is 8.27. The summed E-state index contributed by atoms with van der Waals surface area (Å²) in [6, 6.07) is 53.4. The second-order valence-corrected chi connectivity index (χ2v) is 13.3. The average Bonchev–Trinajstić information content (AvgIpc) is 3.34. The molecule has 1 aliphatic carbocycles. The van der Waals surface area contributed by atoms with E-state index in [0.717, 1.165) is 17.1 Å². The maximum absolute atomic E-state index is 6.41. The summed E-state index contributed by atoms with van der Waals surface area (Å²) in [4.78, 5) is 0. The van der Waals surface area contributed by atoms with Gasteiger partial charge in [-0.1, -0.05) is 129 Å². The fraction of sp³-hybridized carbons (Fsp3) is 0.0667. The Hall–Kier alpha value is -5.66. The van der Waals surface area contributed by atoms with E-state index >= 15 is 0 Å². The molecule has 0 radical (unpaired) electrons. The Morgan fingerprint density at radius 3 is 2.04 bits per heavy atom. The van der Waals surface area contributed by atoms with E-state index in [0.29, 0.717) is 0 Å². The van der Waals surface area contributed by atoms with Gasteiger partial charge in [-0.2, -0.15) is 0 Å². The summed E-state index contributed by atoms with van der Waals surface area (Å²) in [5.74, 6) is 1.84. The van der Waals surface area contributed by atoms with Crippen LogP contribution >= 0.6 is 0 Å². The molecule has 0 fully saturated rings. The van der Waals surface area contributed by atoms with Crippen LogP contribution in [0.1, 0.15) is 25.0 Å². The van der Waals surface area contributed by atoms with Gasteiger partial charge in [-0.3, -0.25) is 0 Å². The molecule has 0 aromatic heterocycles. The van der Waals surface area contributed by atoms with Crippen LogP contribution in [0.5, 0.6) is 11.5 Å². The van der Waals surface area contributed by atoms with Gasteiger partial charge in [0.05, 0.1) is 0 Å². The fourth-order valence-corrected chi connectivity index (χ4v) is 8.27. The molecule has 0 amide bonds. The molecule has 0 N–H and O–H groups in total. The van der Waals surface area contributed by atoms with Crippen molar-refractivity contribution in [3.63, 3.8) is 0 Å². The summed E-state index contributed by atoms with van der Waals surface area (Å²) in [5.41, 5.74) is 12.7. The molecule has 2 aliphatic rings. The van der Waals surface area contributed by atoms with Crippen LogP contribution in [0.15, 0.2) is 146 Å². The summed E-state index contributed by atoms with van der Waals surface area (Å²) in [7, 11) is 0. The molecule has 0 atom stereocenters. The number of hydrogen-bond donors (Lipinski definition) is 0. The van der Waals surface area contributed by atoms with Gasteiger partial charge in [0, 0.05) is 16.4 Å². The van der Waals surface area contributed by atoms with Gasteiger partial charge in [0.15, 0.2) is 0 Å². The minimum absolute atomic E-state index is 0.179. The van der Waals surface area contributed by atoms with Gasteiger partial charge < -0.3 is 4.74 Å². The van der Waals surface area contributed by atoms with Gasteiger partial charge in [0.2, 0.25) is 0 Å². The second-order valence-electron chi connectivity index (χ2n) is 13.3. The highest BCUT2D eigenvalue weighted by Crippen LogP contribution is 2.56. The molecule has 1 nitrogen and oxygen atoms in total. The molecule has 0 unspecified atom stereocenters.